The summed E-state index contributed by atoms with van der Waals surface area (Å²) in [7, 11) is 0. The molecule has 0 radical (unpaired) electrons. The molecule has 0 unspecified atom stereocenters. The van der Waals surface area contributed by atoms with Gasteiger partial charge in [-0.2, -0.15) is 0 Å². The van der Waals surface area contributed by atoms with E-state index in [4.69, 9.17) is 17.4 Å². The van der Waals surface area contributed by atoms with Crippen LogP contribution in [0.25, 0.3) is 0 Å². The predicted octanol–water partition coefficient (Wildman–Crippen LogP) is 2.83. The van der Waals surface area contributed by atoms with Gasteiger partial charge in [-0.1, -0.05) is 24.4 Å². The molecular formula is C12H18ClN3. The van der Waals surface area contributed by atoms with Crippen LogP contribution in [0.2, 0.25) is 5.15 Å². The minimum Gasteiger partial charge on any atom is -0.268 e. The molecule has 1 saturated heterocycles. The molecule has 1 aliphatic heterocycles. The maximum Gasteiger partial charge on any atom is 0.131 e. The number of hydrazine groups is 1. The van der Waals surface area contributed by atoms with Crippen molar-refractivity contribution in [2.75, 3.05) is 6.54 Å². The van der Waals surface area contributed by atoms with Gasteiger partial charge in [0.05, 0.1) is 6.04 Å². The lowest BCUT2D eigenvalue weighted by Gasteiger charge is -2.25. The molecular weight excluding hydrogens is 222 g/mol. The summed E-state index contributed by atoms with van der Waals surface area (Å²) in [6.07, 6.45) is 6.65. The van der Waals surface area contributed by atoms with Gasteiger partial charge in [0.1, 0.15) is 5.15 Å². The van der Waals surface area contributed by atoms with Gasteiger partial charge in [-0.25, -0.2) is 9.99 Å². The highest BCUT2D eigenvalue weighted by Crippen LogP contribution is 2.28. The standard InChI is InChI=1S/C12H18ClN3/c1-9-7-10(8-15-12(9)13)11-5-3-2-4-6-16(11)14/h7-8,11H,2-6,14H2,1H3/t11-/m0/s1. The normalized spacial score (nSPS) is 23.1. The Hall–Kier alpha value is -0.640. The zero-order valence-corrected chi connectivity index (χ0v) is 10.4. The lowest BCUT2D eigenvalue weighted by molar-refractivity contribution is 0.206. The van der Waals surface area contributed by atoms with Gasteiger partial charge in [0.15, 0.2) is 0 Å². The number of hydrogen-bond acceptors (Lipinski definition) is 3. The topological polar surface area (TPSA) is 42.1 Å². The molecule has 16 heavy (non-hydrogen) atoms. The van der Waals surface area contributed by atoms with Crippen LogP contribution in [0, 0.1) is 6.92 Å². The summed E-state index contributed by atoms with van der Waals surface area (Å²) in [4.78, 5) is 4.20. The van der Waals surface area contributed by atoms with E-state index in [0.717, 1.165) is 18.5 Å². The average molecular weight is 240 g/mol. The second-order valence-corrected chi connectivity index (χ2v) is 4.84. The van der Waals surface area contributed by atoms with Gasteiger partial charge in [0, 0.05) is 12.7 Å². The summed E-state index contributed by atoms with van der Waals surface area (Å²) in [6, 6.07) is 2.40. The van der Waals surface area contributed by atoms with Crippen LogP contribution < -0.4 is 5.84 Å². The van der Waals surface area contributed by atoms with Crippen LogP contribution in [0.1, 0.15) is 42.9 Å². The first-order valence-electron chi connectivity index (χ1n) is 5.82. The third-order valence-electron chi connectivity index (χ3n) is 3.21. The van der Waals surface area contributed by atoms with Crippen molar-refractivity contribution in [1.29, 1.82) is 0 Å². The Balaban J connectivity index is 2.23. The van der Waals surface area contributed by atoms with Crippen molar-refractivity contribution < 1.29 is 0 Å². The van der Waals surface area contributed by atoms with Crippen molar-refractivity contribution in [3.8, 4) is 0 Å². The molecule has 1 aromatic heterocycles. The Bertz CT molecular complexity index is 367. The summed E-state index contributed by atoms with van der Waals surface area (Å²) < 4.78 is 0. The van der Waals surface area contributed by atoms with Crippen molar-refractivity contribution >= 4 is 11.6 Å². The number of aryl methyl sites for hydroxylation is 1. The molecule has 4 heteroatoms. The molecule has 3 nitrogen and oxygen atoms in total. The van der Waals surface area contributed by atoms with Crippen molar-refractivity contribution in [2.45, 2.75) is 38.6 Å². The van der Waals surface area contributed by atoms with Gasteiger partial charge in [-0.15, -0.1) is 0 Å². The SMILES string of the molecule is Cc1cc([C@@H]2CCCCCN2N)cnc1Cl. The molecule has 88 valence electrons. The van der Waals surface area contributed by atoms with Crippen molar-refractivity contribution in [2.24, 2.45) is 5.84 Å². The van der Waals surface area contributed by atoms with Gasteiger partial charge in [0.2, 0.25) is 0 Å². The number of rotatable bonds is 1. The summed E-state index contributed by atoms with van der Waals surface area (Å²) in [6.45, 7) is 2.95. The second kappa shape index (κ2) is 5.13. The van der Waals surface area contributed by atoms with E-state index in [-0.39, 0.29) is 0 Å². The summed E-state index contributed by atoms with van der Waals surface area (Å²) in [5.74, 6) is 6.07. The molecule has 1 atom stereocenters. The third-order valence-corrected chi connectivity index (χ3v) is 3.61. The van der Waals surface area contributed by atoms with Crippen LogP contribution in [0.15, 0.2) is 12.3 Å². The van der Waals surface area contributed by atoms with Crippen LogP contribution in [0.5, 0.6) is 0 Å². The van der Waals surface area contributed by atoms with E-state index in [0.29, 0.717) is 11.2 Å². The number of halogens is 1. The minimum absolute atomic E-state index is 0.297. The molecule has 2 heterocycles. The van der Waals surface area contributed by atoms with Gasteiger partial charge >= 0.3 is 0 Å². The Labute approximate surface area is 102 Å². The smallest absolute Gasteiger partial charge is 0.131 e. The number of hydrogen-bond donors (Lipinski definition) is 1. The predicted molar refractivity (Wildman–Crippen MR) is 66.1 cm³/mol. The van der Waals surface area contributed by atoms with Gasteiger partial charge < -0.3 is 0 Å². The molecule has 1 fully saturated rings. The maximum atomic E-state index is 6.07. The Morgan fingerprint density at radius 2 is 2.25 bits per heavy atom. The zero-order valence-electron chi connectivity index (χ0n) is 9.62. The first-order chi connectivity index (χ1) is 7.68. The first kappa shape index (κ1) is 11.8. The molecule has 0 aromatic carbocycles. The largest absolute Gasteiger partial charge is 0.268 e. The molecule has 1 aromatic rings. The van der Waals surface area contributed by atoms with Crippen LogP contribution in [0.4, 0.5) is 0 Å². The minimum atomic E-state index is 0.297. The summed E-state index contributed by atoms with van der Waals surface area (Å²) >= 11 is 5.93. The fourth-order valence-electron chi connectivity index (χ4n) is 2.25. The highest BCUT2D eigenvalue weighted by molar-refractivity contribution is 6.30. The van der Waals surface area contributed by atoms with Crippen LogP contribution in [-0.2, 0) is 0 Å². The fourth-order valence-corrected chi connectivity index (χ4v) is 2.35. The number of pyridine rings is 1. The van der Waals surface area contributed by atoms with E-state index in [9.17, 15) is 0 Å². The van der Waals surface area contributed by atoms with E-state index in [1.807, 2.05) is 18.1 Å². The van der Waals surface area contributed by atoms with E-state index in [2.05, 4.69) is 11.1 Å². The molecule has 0 bridgehead atoms. The highest BCUT2D eigenvalue weighted by Gasteiger charge is 2.20. The molecule has 2 rings (SSSR count). The van der Waals surface area contributed by atoms with Gasteiger partial charge in [-0.05, 0) is 37.0 Å². The third kappa shape index (κ3) is 2.54. The van der Waals surface area contributed by atoms with E-state index >= 15 is 0 Å². The summed E-state index contributed by atoms with van der Waals surface area (Å²) in [5.41, 5.74) is 2.21. The van der Waals surface area contributed by atoms with Crippen molar-refractivity contribution in [1.82, 2.24) is 9.99 Å². The molecule has 0 saturated carbocycles. The van der Waals surface area contributed by atoms with Crippen LogP contribution >= 0.6 is 11.6 Å². The van der Waals surface area contributed by atoms with Crippen molar-refractivity contribution in [3.63, 3.8) is 0 Å². The van der Waals surface area contributed by atoms with Crippen molar-refractivity contribution in [3.05, 3.63) is 28.5 Å². The van der Waals surface area contributed by atoms with E-state index < -0.39 is 0 Å². The monoisotopic (exact) mass is 239 g/mol. The summed E-state index contributed by atoms with van der Waals surface area (Å²) in [5, 5.41) is 2.53. The Kier molecular flexibility index (Phi) is 3.79. The second-order valence-electron chi connectivity index (χ2n) is 4.48. The number of nitrogens with zero attached hydrogens (tertiary/aromatic N) is 2. The zero-order chi connectivity index (χ0) is 11.5. The fraction of sp³-hybridized carbons (Fsp3) is 0.583. The van der Waals surface area contributed by atoms with Crippen LogP contribution in [0.3, 0.4) is 0 Å². The Morgan fingerprint density at radius 3 is 3.00 bits per heavy atom. The first-order valence-corrected chi connectivity index (χ1v) is 6.19. The number of nitrogens with two attached hydrogens (primary N) is 1. The average Bonchev–Trinajstić information content (AvgIpc) is 2.47. The Morgan fingerprint density at radius 1 is 1.44 bits per heavy atom. The lowest BCUT2D eigenvalue weighted by Crippen LogP contribution is -2.35. The molecule has 0 spiro atoms. The maximum absolute atomic E-state index is 6.07. The van der Waals surface area contributed by atoms with E-state index in [1.54, 1.807) is 0 Å². The molecule has 1 aliphatic rings. The van der Waals surface area contributed by atoms with E-state index in [1.165, 1.54) is 24.8 Å². The molecule has 0 aliphatic carbocycles. The highest BCUT2D eigenvalue weighted by atomic mass is 35.5. The van der Waals surface area contributed by atoms with Gasteiger partial charge in [0.25, 0.3) is 0 Å². The quantitative estimate of drug-likeness (QED) is 0.605. The van der Waals surface area contributed by atoms with Crippen LogP contribution in [-0.4, -0.2) is 16.5 Å². The molecule has 2 N–H and O–H groups in total. The number of aromatic nitrogens is 1. The van der Waals surface area contributed by atoms with Gasteiger partial charge in [-0.3, -0.25) is 5.84 Å². The molecule has 0 amide bonds. The lowest BCUT2D eigenvalue weighted by atomic mass is 10.0.